The number of rotatable bonds is 4. The van der Waals surface area contributed by atoms with Gasteiger partial charge in [-0.15, -0.1) is 0 Å². The van der Waals surface area contributed by atoms with Crippen molar-refractivity contribution in [3.05, 3.63) is 53.5 Å². The van der Waals surface area contributed by atoms with E-state index >= 15 is 0 Å². The molecule has 0 unspecified atom stereocenters. The van der Waals surface area contributed by atoms with Crippen molar-refractivity contribution in [2.24, 2.45) is 0 Å². The summed E-state index contributed by atoms with van der Waals surface area (Å²) in [4.78, 5) is 20.3. The fourth-order valence-corrected chi connectivity index (χ4v) is 1.51. The molecule has 0 spiro atoms. The monoisotopic (exact) mass is 264 g/mol. The van der Waals surface area contributed by atoms with Gasteiger partial charge in [0, 0.05) is 13.5 Å². The lowest BCUT2D eigenvalue weighted by molar-refractivity contribution is -0.0778. The highest BCUT2D eigenvalue weighted by Crippen LogP contribution is 2.12. The first-order valence-electron chi connectivity index (χ1n) is 5.61. The first kappa shape index (κ1) is 13.2. The van der Waals surface area contributed by atoms with E-state index in [1.165, 1.54) is 32.5 Å². The standard InChI is InChI=1S/C13H13FN2O3/c1-16(18-2)13(17)12-15-8-11(19-12)7-9-3-5-10(14)6-4-9/h3-6,8H,7H2,1-2H3. The van der Waals surface area contributed by atoms with E-state index in [0.717, 1.165) is 10.6 Å². The Kier molecular flexibility index (Phi) is 3.91. The number of amides is 1. The van der Waals surface area contributed by atoms with Gasteiger partial charge in [-0.05, 0) is 17.7 Å². The van der Waals surface area contributed by atoms with E-state index in [4.69, 9.17) is 9.25 Å². The van der Waals surface area contributed by atoms with Gasteiger partial charge in [0.1, 0.15) is 11.6 Å². The number of oxazole rings is 1. The zero-order valence-corrected chi connectivity index (χ0v) is 10.6. The molecule has 100 valence electrons. The van der Waals surface area contributed by atoms with Crippen LogP contribution >= 0.6 is 0 Å². The Balaban J connectivity index is 2.09. The summed E-state index contributed by atoms with van der Waals surface area (Å²) in [6.45, 7) is 0. The quantitative estimate of drug-likeness (QED) is 0.793. The van der Waals surface area contributed by atoms with Crippen molar-refractivity contribution < 1.29 is 18.4 Å². The third kappa shape index (κ3) is 3.17. The summed E-state index contributed by atoms with van der Waals surface area (Å²) < 4.78 is 18.1. The molecule has 0 fully saturated rings. The number of carbonyl (C=O) groups excluding carboxylic acids is 1. The number of carbonyl (C=O) groups is 1. The van der Waals surface area contributed by atoms with Gasteiger partial charge in [-0.2, -0.15) is 0 Å². The molecule has 2 rings (SSSR count). The molecule has 0 aliphatic rings. The highest BCUT2D eigenvalue weighted by molar-refractivity contribution is 5.88. The largest absolute Gasteiger partial charge is 0.437 e. The first-order valence-corrected chi connectivity index (χ1v) is 5.61. The van der Waals surface area contributed by atoms with Crippen molar-refractivity contribution in [1.29, 1.82) is 0 Å². The van der Waals surface area contributed by atoms with E-state index in [0.29, 0.717) is 12.2 Å². The van der Waals surface area contributed by atoms with Crippen LogP contribution in [0, 0.1) is 5.82 Å². The summed E-state index contributed by atoms with van der Waals surface area (Å²) >= 11 is 0. The zero-order valence-electron chi connectivity index (χ0n) is 10.6. The van der Waals surface area contributed by atoms with Crippen LogP contribution in [0.1, 0.15) is 22.0 Å². The van der Waals surface area contributed by atoms with E-state index in [-0.39, 0.29) is 11.7 Å². The number of aromatic nitrogens is 1. The fourth-order valence-electron chi connectivity index (χ4n) is 1.51. The Morgan fingerprint density at radius 1 is 1.42 bits per heavy atom. The first-order chi connectivity index (χ1) is 9.10. The van der Waals surface area contributed by atoms with Crippen molar-refractivity contribution in [3.8, 4) is 0 Å². The third-order valence-electron chi connectivity index (χ3n) is 2.59. The van der Waals surface area contributed by atoms with E-state index in [1.54, 1.807) is 12.1 Å². The van der Waals surface area contributed by atoms with Gasteiger partial charge in [0.05, 0.1) is 13.3 Å². The SMILES string of the molecule is CON(C)C(=O)c1ncc(Cc2ccc(F)cc2)o1. The number of benzene rings is 1. The Hall–Kier alpha value is -2.21. The molecule has 0 aliphatic carbocycles. The number of hydroxylamine groups is 2. The lowest BCUT2D eigenvalue weighted by atomic mass is 10.1. The van der Waals surface area contributed by atoms with Gasteiger partial charge in [-0.25, -0.2) is 14.4 Å². The molecular formula is C13H13FN2O3. The Labute approximate surface area is 109 Å². The molecule has 2 aromatic rings. The summed E-state index contributed by atoms with van der Waals surface area (Å²) in [5.74, 6) is -0.271. The molecule has 0 saturated heterocycles. The van der Waals surface area contributed by atoms with Gasteiger partial charge in [0.2, 0.25) is 0 Å². The topological polar surface area (TPSA) is 55.6 Å². The highest BCUT2D eigenvalue weighted by atomic mass is 19.1. The molecule has 0 N–H and O–H groups in total. The van der Waals surface area contributed by atoms with Crippen LogP contribution in [-0.4, -0.2) is 30.1 Å². The van der Waals surface area contributed by atoms with E-state index in [1.807, 2.05) is 0 Å². The zero-order chi connectivity index (χ0) is 13.8. The number of halogens is 1. The average molecular weight is 264 g/mol. The van der Waals surface area contributed by atoms with Gasteiger partial charge in [0.15, 0.2) is 0 Å². The smallest absolute Gasteiger partial charge is 0.332 e. The normalized spacial score (nSPS) is 10.5. The summed E-state index contributed by atoms with van der Waals surface area (Å²) in [7, 11) is 2.84. The molecule has 0 saturated carbocycles. The van der Waals surface area contributed by atoms with E-state index in [2.05, 4.69) is 4.98 Å². The van der Waals surface area contributed by atoms with Gasteiger partial charge in [0.25, 0.3) is 5.89 Å². The predicted molar refractivity (Wildman–Crippen MR) is 64.8 cm³/mol. The molecule has 0 aliphatic heterocycles. The van der Waals surface area contributed by atoms with Crippen molar-refractivity contribution in [2.45, 2.75) is 6.42 Å². The minimum Gasteiger partial charge on any atom is -0.437 e. The lowest BCUT2D eigenvalue weighted by Gasteiger charge is -2.10. The van der Waals surface area contributed by atoms with E-state index < -0.39 is 5.91 Å². The molecule has 5 nitrogen and oxygen atoms in total. The Bertz CT molecular complexity index is 566. The average Bonchev–Trinajstić information content (AvgIpc) is 2.88. The second-order valence-electron chi connectivity index (χ2n) is 3.92. The van der Waals surface area contributed by atoms with Gasteiger partial charge in [-0.3, -0.25) is 9.63 Å². The van der Waals surface area contributed by atoms with Crippen molar-refractivity contribution in [3.63, 3.8) is 0 Å². The number of nitrogens with zero attached hydrogens (tertiary/aromatic N) is 2. The Morgan fingerprint density at radius 2 is 2.11 bits per heavy atom. The molecular weight excluding hydrogens is 251 g/mol. The Morgan fingerprint density at radius 3 is 2.74 bits per heavy atom. The number of hydrogen-bond donors (Lipinski definition) is 0. The van der Waals surface area contributed by atoms with Crippen LogP contribution in [0.2, 0.25) is 0 Å². The molecule has 1 heterocycles. The van der Waals surface area contributed by atoms with Crippen LogP contribution in [0.5, 0.6) is 0 Å². The van der Waals surface area contributed by atoms with Crippen molar-refractivity contribution >= 4 is 5.91 Å². The fraction of sp³-hybridized carbons (Fsp3) is 0.231. The molecule has 6 heteroatoms. The van der Waals surface area contributed by atoms with Crippen LogP contribution in [-0.2, 0) is 11.3 Å². The molecule has 1 amide bonds. The molecule has 0 radical (unpaired) electrons. The summed E-state index contributed by atoms with van der Waals surface area (Å²) in [5.41, 5.74) is 0.872. The minimum atomic E-state index is -0.465. The maximum Gasteiger partial charge on any atom is 0.332 e. The van der Waals surface area contributed by atoms with Crippen molar-refractivity contribution in [1.82, 2.24) is 10.0 Å². The third-order valence-corrected chi connectivity index (χ3v) is 2.59. The van der Waals surface area contributed by atoms with Crippen LogP contribution in [0.3, 0.4) is 0 Å². The minimum absolute atomic E-state index is 0.0403. The number of hydrogen-bond acceptors (Lipinski definition) is 4. The second kappa shape index (κ2) is 5.62. The molecule has 1 aromatic heterocycles. The summed E-state index contributed by atoms with van der Waals surface area (Å²) in [6, 6.07) is 6.05. The lowest BCUT2D eigenvalue weighted by Crippen LogP contribution is -2.25. The van der Waals surface area contributed by atoms with Crippen molar-refractivity contribution in [2.75, 3.05) is 14.2 Å². The van der Waals surface area contributed by atoms with Gasteiger partial charge in [-0.1, -0.05) is 12.1 Å². The van der Waals surface area contributed by atoms with Crippen LogP contribution in [0.25, 0.3) is 0 Å². The van der Waals surface area contributed by atoms with Crippen LogP contribution < -0.4 is 0 Å². The van der Waals surface area contributed by atoms with Gasteiger partial charge < -0.3 is 4.42 Å². The molecule has 0 atom stereocenters. The highest BCUT2D eigenvalue weighted by Gasteiger charge is 2.17. The van der Waals surface area contributed by atoms with E-state index in [9.17, 15) is 9.18 Å². The van der Waals surface area contributed by atoms with Crippen LogP contribution in [0.4, 0.5) is 4.39 Å². The summed E-state index contributed by atoms with van der Waals surface area (Å²) in [6.07, 6.45) is 1.91. The second-order valence-corrected chi connectivity index (χ2v) is 3.92. The predicted octanol–water partition coefficient (Wildman–Crippen LogP) is 2.04. The molecule has 1 aromatic carbocycles. The summed E-state index contributed by atoms with van der Waals surface area (Å²) in [5, 5.41) is 1.02. The maximum atomic E-state index is 12.8. The van der Waals surface area contributed by atoms with Gasteiger partial charge >= 0.3 is 5.91 Å². The van der Waals surface area contributed by atoms with Crippen LogP contribution in [0.15, 0.2) is 34.9 Å². The molecule has 0 bridgehead atoms. The maximum absolute atomic E-state index is 12.8. The molecule has 19 heavy (non-hydrogen) atoms.